The van der Waals surface area contributed by atoms with E-state index in [4.69, 9.17) is 9.84 Å². The number of hydrogen-bond donors (Lipinski definition) is 2. The highest BCUT2D eigenvalue weighted by atomic mass is 32.2. The summed E-state index contributed by atoms with van der Waals surface area (Å²) in [6.07, 6.45) is 2.32. The molecule has 2 aromatic rings. The van der Waals surface area contributed by atoms with Gasteiger partial charge in [0, 0.05) is 32.6 Å². The Hall–Kier alpha value is -2.95. The Morgan fingerprint density at radius 2 is 1.67 bits per heavy atom. The number of nitrogens with one attached hydrogen (secondary N) is 1. The summed E-state index contributed by atoms with van der Waals surface area (Å²) in [5, 5.41) is 11.6. The van der Waals surface area contributed by atoms with Crippen LogP contribution in [-0.4, -0.2) is 73.9 Å². The summed E-state index contributed by atoms with van der Waals surface area (Å²) in [5.41, 5.74) is 1.69. The first-order valence-electron chi connectivity index (χ1n) is 12.2. The zero-order chi connectivity index (χ0) is 26.1. The molecule has 36 heavy (non-hydrogen) atoms. The van der Waals surface area contributed by atoms with Crippen molar-refractivity contribution in [1.29, 1.82) is 0 Å². The van der Waals surface area contributed by atoms with Crippen molar-refractivity contribution in [3.8, 4) is 5.75 Å². The molecule has 0 aliphatic carbocycles. The molecule has 2 N–H and O–H groups in total. The SMILES string of the molecule is COc1ccc(CN(C(=O)CCc2ccc(S(=O)(=O)N3CCCC3)cc2)[C@H](C)C(=O)NCCO)cc1. The lowest BCUT2D eigenvalue weighted by Gasteiger charge is -2.29. The largest absolute Gasteiger partial charge is 0.497 e. The maximum Gasteiger partial charge on any atom is 0.243 e. The fourth-order valence-electron chi connectivity index (χ4n) is 4.14. The summed E-state index contributed by atoms with van der Waals surface area (Å²) >= 11 is 0. The molecule has 1 aliphatic heterocycles. The molecular weight excluding hydrogens is 482 g/mol. The molecule has 0 unspecified atom stereocenters. The molecule has 1 saturated heterocycles. The normalized spacial score (nSPS) is 14.9. The number of carbonyl (C=O) groups excluding carboxylic acids is 2. The molecule has 9 nitrogen and oxygen atoms in total. The van der Waals surface area contributed by atoms with Gasteiger partial charge in [-0.3, -0.25) is 9.59 Å². The van der Waals surface area contributed by atoms with Gasteiger partial charge in [-0.25, -0.2) is 8.42 Å². The van der Waals surface area contributed by atoms with Crippen molar-refractivity contribution in [2.75, 3.05) is 33.4 Å². The van der Waals surface area contributed by atoms with Crippen LogP contribution in [-0.2, 0) is 32.6 Å². The monoisotopic (exact) mass is 517 g/mol. The number of hydrogen-bond acceptors (Lipinski definition) is 6. The number of rotatable bonds is 12. The van der Waals surface area contributed by atoms with Gasteiger partial charge in [-0.05, 0) is 61.6 Å². The van der Waals surface area contributed by atoms with E-state index in [1.165, 1.54) is 9.21 Å². The second kappa shape index (κ2) is 12.8. The molecule has 0 bridgehead atoms. The van der Waals surface area contributed by atoms with Gasteiger partial charge in [0.05, 0.1) is 18.6 Å². The Bertz CT molecular complexity index is 1110. The molecule has 1 aliphatic rings. The summed E-state index contributed by atoms with van der Waals surface area (Å²) in [4.78, 5) is 27.6. The number of sulfonamides is 1. The van der Waals surface area contributed by atoms with Crippen LogP contribution >= 0.6 is 0 Å². The van der Waals surface area contributed by atoms with Crippen molar-refractivity contribution in [3.05, 3.63) is 59.7 Å². The molecule has 0 spiro atoms. The van der Waals surface area contributed by atoms with Gasteiger partial charge in [0.15, 0.2) is 0 Å². The average molecular weight is 518 g/mol. The Kier molecular flexibility index (Phi) is 9.86. The lowest BCUT2D eigenvalue weighted by atomic mass is 10.1. The van der Waals surface area contributed by atoms with Crippen LogP contribution in [0.1, 0.15) is 37.3 Å². The number of aryl methyl sites for hydroxylation is 1. The molecule has 2 aromatic carbocycles. The lowest BCUT2D eigenvalue weighted by molar-refractivity contribution is -0.140. The number of aliphatic hydroxyl groups is 1. The molecule has 0 aromatic heterocycles. The zero-order valence-corrected chi connectivity index (χ0v) is 21.7. The minimum atomic E-state index is -3.48. The predicted molar refractivity (Wildman–Crippen MR) is 136 cm³/mol. The molecule has 10 heteroatoms. The molecule has 3 rings (SSSR count). The minimum absolute atomic E-state index is 0.112. The number of aliphatic hydroxyl groups excluding tert-OH is 1. The van der Waals surface area contributed by atoms with Gasteiger partial charge in [-0.15, -0.1) is 0 Å². The molecule has 2 amide bonds. The predicted octanol–water partition coefficient (Wildman–Crippen LogP) is 1.94. The molecular formula is C26H35N3O6S. The summed E-state index contributed by atoms with van der Waals surface area (Å²) in [5.74, 6) is 0.147. The van der Waals surface area contributed by atoms with Crippen LogP contribution in [0.15, 0.2) is 53.4 Å². The fraction of sp³-hybridized carbons (Fsp3) is 0.462. The first-order chi connectivity index (χ1) is 17.3. The third-order valence-electron chi connectivity index (χ3n) is 6.34. The van der Waals surface area contributed by atoms with Gasteiger partial charge in [0.2, 0.25) is 21.8 Å². The number of nitrogens with zero attached hydrogens (tertiary/aromatic N) is 2. The van der Waals surface area contributed by atoms with Gasteiger partial charge < -0.3 is 20.1 Å². The fourth-order valence-corrected chi connectivity index (χ4v) is 5.65. The van der Waals surface area contributed by atoms with Gasteiger partial charge >= 0.3 is 0 Å². The standard InChI is InChI=1S/C26H35N3O6S/c1-20(26(32)27-15-18-30)29(19-22-5-10-23(35-2)11-6-22)25(31)14-9-21-7-12-24(13-8-21)36(33,34)28-16-3-4-17-28/h5-8,10-13,20,30H,3-4,9,14-19H2,1-2H3,(H,27,32)/t20-/m1/s1. The van der Waals surface area contributed by atoms with Crippen LogP contribution in [0.25, 0.3) is 0 Å². The van der Waals surface area contributed by atoms with Crippen molar-refractivity contribution in [3.63, 3.8) is 0 Å². The van der Waals surface area contributed by atoms with E-state index in [0.29, 0.717) is 25.3 Å². The van der Waals surface area contributed by atoms with E-state index in [-0.39, 0.29) is 42.8 Å². The Morgan fingerprint density at radius 1 is 1.06 bits per heavy atom. The van der Waals surface area contributed by atoms with E-state index in [2.05, 4.69) is 5.32 Å². The summed E-state index contributed by atoms with van der Waals surface area (Å²) < 4.78 is 32.2. The van der Waals surface area contributed by atoms with E-state index in [1.807, 2.05) is 12.1 Å². The summed E-state index contributed by atoms with van der Waals surface area (Å²) in [6, 6.07) is 13.2. The molecule has 196 valence electrons. The second-order valence-electron chi connectivity index (χ2n) is 8.82. The van der Waals surface area contributed by atoms with Crippen LogP contribution in [0.2, 0.25) is 0 Å². The smallest absolute Gasteiger partial charge is 0.243 e. The maximum atomic E-state index is 13.2. The topological polar surface area (TPSA) is 116 Å². The van der Waals surface area contributed by atoms with Crippen LogP contribution in [0.5, 0.6) is 5.75 Å². The summed E-state index contributed by atoms with van der Waals surface area (Å²) in [6.45, 7) is 2.92. The van der Waals surface area contributed by atoms with Crippen molar-refractivity contribution < 1.29 is 27.9 Å². The van der Waals surface area contributed by atoms with Crippen LogP contribution in [0.4, 0.5) is 0 Å². The highest BCUT2D eigenvalue weighted by Gasteiger charge is 2.28. The van der Waals surface area contributed by atoms with E-state index < -0.39 is 16.1 Å². The van der Waals surface area contributed by atoms with Crippen molar-refractivity contribution in [1.82, 2.24) is 14.5 Å². The quantitative estimate of drug-likeness (QED) is 0.445. The van der Waals surface area contributed by atoms with Crippen LogP contribution < -0.4 is 10.1 Å². The Morgan fingerprint density at radius 3 is 2.25 bits per heavy atom. The summed E-state index contributed by atoms with van der Waals surface area (Å²) in [7, 11) is -1.91. The highest BCUT2D eigenvalue weighted by molar-refractivity contribution is 7.89. The van der Waals surface area contributed by atoms with E-state index in [9.17, 15) is 18.0 Å². The van der Waals surface area contributed by atoms with Crippen LogP contribution in [0, 0.1) is 0 Å². The molecule has 0 radical (unpaired) electrons. The van der Waals surface area contributed by atoms with E-state index in [1.54, 1.807) is 50.4 Å². The highest BCUT2D eigenvalue weighted by Crippen LogP contribution is 2.22. The van der Waals surface area contributed by atoms with E-state index >= 15 is 0 Å². The number of carbonyl (C=O) groups is 2. The van der Waals surface area contributed by atoms with Crippen molar-refractivity contribution in [2.24, 2.45) is 0 Å². The second-order valence-corrected chi connectivity index (χ2v) is 10.8. The molecule has 0 saturated carbocycles. The number of ether oxygens (including phenoxy) is 1. The molecule has 1 atom stereocenters. The third-order valence-corrected chi connectivity index (χ3v) is 8.26. The first kappa shape index (κ1) is 27.6. The van der Waals surface area contributed by atoms with E-state index in [0.717, 1.165) is 24.0 Å². The average Bonchev–Trinajstić information content (AvgIpc) is 3.45. The van der Waals surface area contributed by atoms with Gasteiger partial charge in [-0.1, -0.05) is 24.3 Å². The van der Waals surface area contributed by atoms with Gasteiger partial charge in [-0.2, -0.15) is 4.31 Å². The van der Waals surface area contributed by atoms with Gasteiger partial charge in [0.25, 0.3) is 0 Å². The number of methoxy groups -OCH3 is 1. The lowest BCUT2D eigenvalue weighted by Crippen LogP contribution is -2.48. The van der Waals surface area contributed by atoms with Gasteiger partial charge in [0.1, 0.15) is 11.8 Å². The van der Waals surface area contributed by atoms with Crippen molar-refractivity contribution >= 4 is 21.8 Å². The van der Waals surface area contributed by atoms with Crippen molar-refractivity contribution in [2.45, 2.75) is 50.1 Å². The zero-order valence-electron chi connectivity index (χ0n) is 20.9. The maximum absolute atomic E-state index is 13.2. The number of benzene rings is 2. The first-order valence-corrected chi connectivity index (χ1v) is 13.6. The molecule has 1 heterocycles. The number of amides is 2. The Labute approximate surface area is 213 Å². The Balaban J connectivity index is 1.68. The third kappa shape index (κ3) is 7.05. The molecule has 1 fully saturated rings. The van der Waals surface area contributed by atoms with Crippen LogP contribution in [0.3, 0.4) is 0 Å². The minimum Gasteiger partial charge on any atom is -0.497 e.